The van der Waals surface area contributed by atoms with Crippen LogP contribution in [-0.4, -0.2) is 33.8 Å². The van der Waals surface area contributed by atoms with Gasteiger partial charge in [0.2, 0.25) is 0 Å². The fourth-order valence-corrected chi connectivity index (χ4v) is 4.15. The average Bonchev–Trinajstić information content (AvgIpc) is 3.34. The van der Waals surface area contributed by atoms with Crippen LogP contribution in [-0.2, 0) is 0 Å². The van der Waals surface area contributed by atoms with Crippen LogP contribution in [0.2, 0.25) is 0 Å². The predicted molar refractivity (Wildman–Crippen MR) is 101 cm³/mol. The van der Waals surface area contributed by atoms with Crippen molar-refractivity contribution in [1.29, 1.82) is 0 Å². The highest BCUT2D eigenvalue weighted by Gasteiger charge is 2.25. The number of carboxylic acids is 1. The number of hydrogen-bond donors (Lipinski definition) is 1. The molecule has 2 aromatic carbocycles. The number of aromatic nitrogens is 2. The molecule has 27 heavy (non-hydrogen) atoms. The standard InChI is InChI=1S/C21H20N2O4/c24-21(25)14-5-7-17-16(11-14)22-20(23(17)15-3-1-2-4-15)13-6-8-18-19(12-13)27-10-9-26-18/h5-8,11-12,15H,1-4,9-10H2,(H,24,25). The first kappa shape index (κ1) is 16.2. The number of nitrogens with zero attached hydrogens (tertiary/aromatic N) is 2. The Labute approximate surface area is 156 Å². The quantitative estimate of drug-likeness (QED) is 0.750. The molecule has 0 amide bonds. The number of fused-ring (bicyclic) bond motifs is 2. The summed E-state index contributed by atoms with van der Waals surface area (Å²) in [4.78, 5) is 16.2. The van der Waals surface area contributed by atoms with Crippen LogP contribution in [0, 0.1) is 0 Å². The fourth-order valence-electron chi connectivity index (χ4n) is 4.15. The number of imidazole rings is 1. The molecular weight excluding hydrogens is 344 g/mol. The highest BCUT2D eigenvalue weighted by molar-refractivity contribution is 5.93. The summed E-state index contributed by atoms with van der Waals surface area (Å²) in [5.41, 5.74) is 2.91. The third-order valence-electron chi connectivity index (χ3n) is 5.43. The molecule has 0 radical (unpaired) electrons. The highest BCUT2D eigenvalue weighted by atomic mass is 16.6. The van der Waals surface area contributed by atoms with E-state index >= 15 is 0 Å². The molecule has 0 unspecified atom stereocenters. The lowest BCUT2D eigenvalue weighted by Crippen LogP contribution is -2.15. The van der Waals surface area contributed by atoms with Gasteiger partial charge in [-0.1, -0.05) is 12.8 Å². The molecule has 0 saturated heterocycles. The van der Waals surface area contributed by atoms with Gasteiger partial charge in [0.15, 0.2) is 11.5 Å². The predicted octanol–water partition coefficient (Wildman–Crippen LogP) is 4.29. The molecule has 1 aliphatic carbocycles. The van der Waals surface area contributed by atoms with E-state index in [-0.39, 0.29) is 5.56 Å². The molecule has 138 valence electrons. The molecule has 0 spiro atoms. The number of hydrogen-bond acceptors (Lipinski definition) is 4. The number of benzene rings is 2. The van der Waals surface area contributed by atoms with Gasteiger partial charge in [-0.3, -0.25) is 0 Å². The number of carboxylic acid groups (broad SMARTS) is 1. The lowest BCUT2D eigenvalue weighted by molar-refractivity contribution is 0.0697. The Kier molecular flexibility index (Phi) is 3.77. The third-order valence-corrected chi connectivity index (χ3v) is 5.43. The van der Waals surface area contributed by atoms with Gasteiger partial charge in [0, 0.05) is 11.6 Å². The van der Waals surface area contributed by atoms with Gasteiger partial charge < -0.3 is 19.1 Å². The van der Waals surface area contributed by atoms with Crippen LogP contribution in [0.5, 0.6) is 11.5 Å². The summed E-state index contributed by atoms with van der Waals surface area (Å²) in [6, 6.07) is 11.5. The van der Waals surface area contributed by atoms with E-state index in [0.717, 1.165) is 41.2 Å². The minimum atomic E-state index is -0.937. The van der Waals surface area contributed by atoms with Gasteiger partial charge in [-0.15, -0.1) is 0 Å². The molecule has 5 rings (SSSR count). The van der Waals surface area contributed by atoms with E-state index < -0.39 is 5.97 Å². The topological polar surface area (TPSA) is 73.6 Å². The second kappa shape index (κ2) is 6.30. The van der Waals surface area contributed by atoms with Crippen LogP contribution < -0.4 is 9.47 Å². The van der Waals surface area contributed by atoms with E-state index in [1.807, 2.05) is 24.3 Å². The fraction of sp³-hybridized carbons (Fsp3) is 0.333. The van der Waals surface area contributed by atoms with Crippen molar-refractivity contribution in [3.8, 4) is 22.9 Å². The number of carbonyl (C=O) groups is 1. The van der Waals surface area contributed by atoms with Gasteiger partial charge in [-0.2, -0.15) is 0 Å². The Balaban J connectivity index is 1.70. The summed E-state index contributed by atoms with van der Waals surface area (Å²) in [7, 11) is 0. The number of rotatable bonds is 3. The van der Waals surface area contributed by atoms with Crippen molar-refractivity contribution in [2.75, 3.05) is 13.2 Å². The summed E-state index contributed by atoms with van der Waals surface area (Å²) in [5.74, 6) is 1.40. The van der Waals surface area contributed by atoms with E-state index in [2.05, 4.69) is 4.57 Å². The maximum absolute atomic E-state index is 11.4. The molecule has 1 aliphatic heterocycles. The molecule has 6 nitrogen and oxygen atoms in total. The van der Waals surface area contributed by atoms with Gasteiger partial charge in [-0.25, -0.2) is 9.78 Å². The van der Waals surface area contributed by atoms with Crippen molar-refractivity contribution in [3.05, 3.63) is 42.0 Å². The van der Waals surface area contributed by atoms with Crippen molar-refractivity contribution in [2.24, 2.45) is 0 Å². The largest absolute Gasteiger partial charge is 0.486 e. The maximum atomic E-state index is 11.4. The van der Waals surface area contributed by atoms with Crippen molar-refractivity contribution in [2.45, 2.75) is 31.7 Å². The SMILES string of the molecule is O=C(O)c1ccc2c(c1)nc(-c1ccc3c(c1)OCCO3)n2C1CCCC1. The monoisotopic (exact) mass is 364 g/mol. The maximum Gasteiger partial charge on any atom is 0.335 e. The molecular formula is C21H20N2O4. The van der Waals surface area contributed by atoms with E-state index in [0.29, 0.717) is 24.8 Å². The molecule has 0 atom stereocenters. The van der Waals surface area contributed by atoms with E-state index in [1.165, 1.54) is 12.8 Å². The molecule has 1 aromatic heterocycles. The van der Waals surface area contributed by atoms with Crippen LogP contribution in [0.25, 0.3) is 22.4 Å². The van der Waals surface area contributed by atoms with Gasteiger partial charge in [-0.05, 0) is 49.2 Å². The zero-order valence-electron chi connectivity index (χ0n) is 14.9. The van der Waals surface area contributed by atoms with Crippen LogP contribution >= 0.6 is 0 Å². The van der Waals surface area contributed by atoms with Crippen molar-refractivity contribution in [1.82, 2.24) is 9.55 Å². The van der Waals surface area contributed by atoms with Crippen LogP contribution in [0.4, 0.5) is 0 Å². The molecule has 1 N–H and O–H groups in total. The van der Waals surface area contributed by atoms with E-state index in [4.69, 9.17) is 14.5 Å². The molecule has 2 heterocycles. The highest BCUT2D eigenvalue weighted by Crippen LogP contribution is 2.39. The van der Waals surface area contributed by atoms with Crippen molar-refractivity contribution < 1.29 is 19.4 Å². The Hall–Kier alpha value is -3.02. The first-order valence-corrected chi connectivity index (χ1v) is 9.36. The minimum Gasteiger partial charge on any atom is -0.486 e. The van der Waals surface area contributed by atoms with E-state index in [9.17, 15) is 9.90 Å². The lowest BCUT2D eigenvalue weighted by Gasteiger charge is -2.20. The summed E-state index contributed by atoms with van der Waals surface area (Å²) in [5, 5.41) is 9.32. The van der Waals surface area contributed by atoms with Gasteiger partial charge in [0.1, 0.15) is 19.0 Å². The third kappa shape index (κ3) is 2.72. The second-order valence-electron chi connectivity index (χ2n) is 7.11. The van der Waals surface area contributed by atoms with Crippen LogP contribution in [0.15, 0.2) is 36.4 Å². The Morgan fingerprint density at radius 3 is 2.59 bits per heavy atom. The zero-order chi connectivity index (χ0) is 18.4. The summed E-state index contributed by atoms with van der Waals surface area (Å²) < 4.78 is 13.6. The first-order chi connectivity index (χ1) is 13.2. The molecule has 1 saturated carbocycles. The smallest absolute Gasteiger partial charge is 0.335 e. The first-order valence-electron chi connectivity index (χ1n) is 9.36. The summed E-state index contributed by atoms with van der Waals surface area (Å²) in [6.07, 6.45) is 4.64. The number of aromatic carboxylic acids is 1. The Morgan fingerprint density at radius 1 is 1.04 bits per heavy atom. The average molecular weight is 364 g/mol. The zero-order valence-corrected chi connectivity index (χ0v) is 14.9. The minimum absolute atomic E-state index is 0.257. The second-order valence-corrected chi connectivity index (χ2v) is 7.11. The van der Waals surface area contributed by atoms with E-state index in [1.54, 1.807) is 12.1 Å². The van der Waals surface area contributed by atoms with Gasteiger partial charge >= 0.3 is 5.97 Å². The molecule has 3 aromatic rings. The summed E-state index contributed by atoms with van der Waals surface area (Å²) in [6.45, 7) is 1.10. The van der Waals surface area contributed by atoms with Crippen LogP contribution in [0.3, 0.4) is 0 Å². The van der Waals surface area contributed by atoms with Crippen molar-refractivity contribution >= 4 is 17.0 Å². The van der Waals surface area contributed by atoms with Gasteiger partial charge in [0.05, 0.1) is 16.6 Å². The van der Waals surface area contributed by atoms with Crippen molar-refractivity contribution in [3.63, 3.8) is 0 Å². The normalized spacial score (nSPS) is 16.7. The van der Waals surface area contributed by atoms with Gasteiger partial charge in [0.25, 0.3) is 0 Å². The Morgan fingerprint density at radius 2 is 1.81 bits per heavy atom. The molecule has 6 heteroatoms. The Bertz CT molecular complexity index is 1030. The van der Waals surface area contributed by atoms with Crippen LogP contribution in [0.1, 0.15) is 42.1 Å². The molecule has 2 aliphatic rings. The number of ether oxygens (including phenoxy) is 2. The molecule has 1 fully saturated rings. The summed E-state index contributed by atoms with van der Waals surface area (Å²) >= 11 is 0. The lowest BCUT2D eigenvalue weighted by atomic mass is 10.1. The molecule has 0 bridgehead atoms.